The summed E-state index contributed by atoms with van der Waals surface area (Å²) in [6.07, 6.45) is -29.5. The molecule has 71 heteroatoms. The topological polar surface area (TPSA) is 55.8 Å². The lowest BCUT2D eigenvalue weighted by Crippen LogP contribution is -2.80. The van der Waals surface area contributed by atoms with Gasteiger partial charge in [0.25, 0.3) is 0 Å². The van der Waals surface area contributed by atoms with Gasteiger partial charge in [-0.05, 0) is 13.8 Å². The maximum Gasteiger partial charge on any atom is 0.473 e. The third kappa shape index (κ3) is 12.2. The van der Waals surface area contributed by atoms with Crippen molar-refractivity contribution in [2.45, 2.75) is 216 Å². The number of phosphoric acid groups is 1. The second-order valence-electron chi connectivity index (χ2n) is 20.3. The van der Waals surface area contributed by atoms with Crippen LogP contribution in [0.3, 0.4) is 0 Å². The molecular formula is C36H9F66O4P. The van der Waals surface area contributed by atoms with Crippen LogP contribution >= 0.6 is 7.82 Å². The summed E-state index contributed by atoms with van der Waals surface area (Å²) in [5.41, 5.74) is 0. The lowest BCUT2D eigenvalue weighted by atomic mass is 9.82. The van der Waals surface area contributed by atoms with E-state index in [1.807, 2.05) is 0 Å². The van der Waals surface area contributed by atoms with Gasteiger partial charge in [0.2, 0.25) is 0 Å². The van der Waals surface area contributed by atoms with E-state index in [2.05, 4.69) is 9.05 Å². The molecule has 0 radical (unpaired) electrons. The molecule has 0 aliphatic heterocycles. The number of rotatable bonds is 34. The van der Waals surface area contributed by atoms with Gasteiger partial charge in [-0.3, -0.25) is 9.05 Å². The minimum atomic E-state index is -10.8. The molecule has 0 heterocycles. The Hall–Kier alpha value is -4.51. The second-order valence-corrected chi connectivity index (χ2v) is 21.6. The molecule has 2 unspecified atom stereocenters. The van der Waals surface area contributed by atoms with Gasteiger partial charge in [0.15, 0.2) is 0 Å². The molecule has 2 atom stereocenters. The van der Waals surface area contributed by atoms with Gasteiger partial charge in [0.05, 0.1) is 0 Å². The van der Waals surface area contributed by atoms with Gasteiger partial charge < -0.3 is 4.89 Å². The summed E-state index contributed by atoms with van der Waals surface area (Å²) in [7, 11) is -8.86. The Balaban J connectivity index is 7.89. The van der Waals surface area contributed by atoms with Crippen LogP contribution in [0.5, 0.6) is 0 Å². The minimum Gasteiger partial charge on any atom is -0.302 e. The summed E-state index contributed by atoms with van der Waals surface area (Å²) >= 11 is 0. The standard InChI is InChI=1S/C36H9F66O4P/c1-3(5(37,38)7(41,42)9(45,46)11(49,50)13(53,54)15(57,58)17(61,62)19(65,66)21(69,70)23(73,74)25(77,78)27(81,82)29(85,86)31(89,90)33(93,94)35(97,98)99)105-107(103,104)106-4(2)6(39,40)8(43,44)10(47,48)12(51,52)14(55,56)16(59,60)18(63,64)20(67,68)22(71,72)24(75,76)26(79,80)28(83,84)30(87,88)32(91,92)34(95,96)36(100,101)102/h3-4H,1-2H3,(H,103,104). The van der Waals surface area contributed by atoms with Crippen molar-refractivity contribution in [3.8, 4) is 0 Å². The summed E-state index contributed by atoms with van der Waals surface area (Å²) in [5, 5.41) is 0. The van der Waals surface area contributed by atoms with Crippen molar-refractivity contribution in [3.05, 3.63) is 0 Å². The fraction of sp³-hybridized carbons (Fsp3) is 1.00. The zero-order valence-electron chi connectivity index (χ0n) is 46.2. The van der Waals surface area contributed by atoms with Gasteiger partial charge in [-0.25, -0.2) is 4.57 Å². The molecule has 0 spiro atoms. The second kappa shape index (κ2) is 25.2. The van der Waals surface area contributed by atoms with Crippen molar-refractivity contribution < 1.29 is 308 Å². The first-order valence-electron chi connectivity index (χ1n) is 22.9. The molecule has 0 rings (SSSR count). The Morgan fingerprint density at radius 2 is 0.243 bits per heavy atom. The van der Waals surface area contributed by atoms with E-state index in [9.17, 15) is 299 Å². The first-order chi connectivity index (χ1) is 44.8. The van der Waals surface area contributed by atoms with Gasteiger partial charge >= 0.3 is 198 Å². The molecule has 0 aromatic heterocycles. The van der Waals surface area contributed by atoms with Crippen LogP contribution in [0, 0.1) is 0 Å². The lowest BCUT2D eigenvalue weighted by Gasteiger charge is -2.47. The molecule has 0 aliphatic carbocycles. The molecule has 0 fully saturated rings. The van der Waals surface area contributed by atoms with E-state index in [1.165, 1.54) is 0 Å². The highest BCUT2D eigenvalue weighted by molar-refractivity contribution is 7.47. The van der Waals surface area contributed by atoms with Crippen molar-refractivity contribution in [2.75, 3.05) is 0 Å². The van der Waals surface area contributed by atoms with E-state index in [0.717, 1.165) is 0 Å². The number of hydrogen-bond acceptors (Lipinski definition) is 3. The van der Waals surface area contributed by atoms with Crippen LogP contribution in [0.1, 0.15) is 13.8 Å². The third-order valence-corrected chi connectivity index (χ3v) is 14.6. The van der Waals surface area contributed by atoms with Crippen molar-refractivity contribution in [1.82, 2.24) is 0 Å². The van der Waals surface area contributed by atoms with E-state index in [0.29, 0.717) is 0 Å². The summed E-state index contributed by atoms with van der Waals surface area (Å²) in [4.78, 5) is 9.20. The summed E-state index contributed by atoms with van der Waals surface area (Å²) in [6.45, 7) is -3.79. The monoisotopic (exact) mass is 1790 g/mol. The van der Waals surface area contributed by atoms with Crippen LogP contribution in [0.25, 0.3) is 0 Å². The van der Waals surface area contributed by atoms with Gasteiger partial charge in [-0.1, -0.05) is 0 Å². The minimum absolute atomic E-state index is 1.89. The van der Waals surface area contributed by atoms with Gasteiger partial charge in [0, 0.05) is 0 Å². The zero-order valence-corrected chi connectivity index (χ0v) is 47.1. The number of alkyl halides is 66. The zero-order chi connectivity index (χ0) is 89.1. The van der Waals surface area contributed by atoms with Gasteiger partial charge in [-0.2, -0.15) is 290 Å². The highest BCUT2D eigenvalue weighted by Gasteiger charge is 3.05. The van der Waals surface area contributed by atoms with Crippen LogP contribution in [0.2, 0.25) is 0 Å². The van der Waals surface area contributed by atoms with Crippen molar-refractivity contribution in [1.29, 1.82) is 0 Å². The molecule has 644 valence electrons. The van der Waals surface area contributed by atoms with E-state index in [4.69, 9.17) is 0 Å². The van der Waals surface area contributed by atoms with E-state index < -0.39 is 224 Å². The number of phosphoric ester groups is 1. The van der Waals surface area contributed by atoms with E-state index in [1.54, 1.807) is 0 Å². The quantitative estimate of drug-likeness (QED) is 0.0515. The Labute approximate surface area is 533 Å². The third-order valence-electron chi connectivity index (χ3n) is 13.4. The average Bonchev–Trinajstić information content (AvgIpc) is 0.682. The normalized spacial score (nSPS) is 18.4. The molecule has 0 aromatic carbocycles. The van der Waals surface area contributed by atoms with Crippen molar-refractivity contribution in [2.24, 2.45) is 0 Å². The Morgan fingerprint density at radius 3 is 0.327 bits per heavy atom. The summed E-state index contributed by atoms with van der Waals surface area (Å²) < 4.78 is 935. The Kier molecular flexibility index (Phi) is 24.2. The molecule has 0 amide bonds. The maximum atomic E-state index is 14.7. The van der Waals surface area contributed by atoms with Crippen molar-refractivity contribution in [3.63, 3.8) is 0 Å². The molecule has 0 saturated heterocycles. The average molecular weight is 1790 g/mol. The fourth-order valence-corrected chi connectivity index (χ4v) is 7.69. The molecule has 0 saturated carbocycles. The first kappa shape index (κ1) is 102. The molecule has 0 bridgehead atoms. The summed E-state index contributed by atoms with van der Waals surface area (Å²) in [6, 6.07) is 0. The molecular weight excluding hydrogens is 1780 g/mol. The predicted molar refractivity (Wildman–Crippen MR) is 191 cm³/mol. The Morgan fingerprint density at radius 1 is 0.168 bits per heavy atom. The van der Waals surface area contributed by atoms with E-state index in [-0.39, 0.29) is 0 Å². The molecule has 107 heavy (non-hydrogen) atoms. The van der Waals surface area contributed by atoms with Crippen LogP contribution < -0.4 is 0 Å². The SMILES string of the molecule is CC(OP(=O)(O)OC(C)C(F)(F)C(F)(F)C(F)(F)C(F)(F)C(F)(F)C(F)(F)C(F)(F)C(F)(F)C(F)(F)C(F)(F)C(F)(F)C(F)(F)C(F)(F)C(F)(F)C(F)(F)C(F)(F)F)C(F)(F)C(F)(F)C(F)(F)C(F)(F)C(F)(F)C(F)(F)C(F)(F)C(F)(F)C(F)(F)C(F)(F)C(F)(F)C(F)(F)C(F)(F)C(F)(F)C(F)(F)C(F)(F)F. The van der Waals surface area contributed by atoms with Crippen LogP contribution in [-0.4, -0.2) is 207 Å². The van der Waals surface area contributed by atoms with Crippen LogP contribution in [-0.2, 0) is 13.6 Å². The summed E-state index contributed by atoms with van der Waals surface area (Å²) in [5.74, 6) is -307. The smallest absolute Gasteiger partial charge is 0.302 e. The molecule has 4 nitrogen and oxygen atoms in total. The maximum absolute atomic E-state index is 14.7. The van der Waals surface area contributed by atoms with Gasteiger partial charge in [0.1, 0.15) is 12.2 Å². The number of halogens is 66. The van der Waals surface area contributed by atoms with Crippen LogP contribution in [0.15, 0.2) is 0 Å². The Bertz CT molecular complexity index is 3020. The predicted octanol–water partition coefficient (Wildman–Crippen LogP) is 22.1. The first-order valence-corrected chi connectivity index (χ1v) is 24.4. The molecule has 0 aromatic rings. The van der Waals surface area contributed by atoms with Gasteiger partial charge in [-0.15, -0.1) is 0 Å². The highest BCUT2D eigenvalue weighted by Crippen LogP contribution is 2.74. The highest BCUT2D eigenvalue weighted by atomic mass is 31.2. The molecule has 1 N–H and O–H groups in total. The van der Waals surface area contributed by atoms with E-state index >= 15 is 0 Å². The fourth-order valence-electron chi connectivity index (χ4n) is 6.57. The largest absolute Gasteiger partial charge is 0.473 e. The lowest BCUT2D eigenvalue weighted by molar-refractivity contribution is -0.491. The molecule has 0 aliphatic rings. The van der Waals surface area contributed by atoms with Crippen LogP contribution in [0.4, 0.5) is 290 Å². The number of hydrogen-bond donors (Lipinski definition) is 1. The van der Waals surface area contributed by atoms with Crippen molar-refractivity contribution >= 4 is 7.82 Å².